The van der Waals surface area contributed by atoms with Crippen LogP contribution in [-0.2, 0) is 47.5 Å². The Labute approximate surface area is 76.1 Å². The maximum absolute atomic E-state index is 9.37. The molecule has 0 bridgehead atoms. The molecule has 0 aromatic rings. The van der Waals surface area contributed by atoms with E-state index in [4.69, 9.17) is 0 Å². The molecule has 1 radical (unpaired) electrons. The third kappa shape index (κ3) is 7.29. The van der Waals surface area contributed by atoms with Crippen molar-refractivity contribution in [1.29, 1.82) is 0 Å². The van der Waals surface area contributed by atoms with Crippen LogP contribution in [0.4, 0.5) is 0 Å². The number of hydrogen-bond donors (Lipinski definition) is 1. The van der Waals surface area contributed by atoms with Gasteiger partial charge in [-0.3, -0.25) is 0 Å². The van der Waals surface area contributed by atoms with Gasteiger partial charge in [0, 0.05) is 21.1 Å². The monoisotopic (exact) mass is 368 g/mol. The molecule has 9 heteroatoms. The van der Waals surface area contributed by atoms with Crippen molar-refractivity contribution in [3.05, 3.63) is 0 Å². The van der Waals surface area contributed by atoms with Gasteiger partial charge in [0.1, 0.15) is 0 Å². The molecule has 1 aliphatic rings. The average Bonchev–Trinajstić information content (AvgIpc) is 1.73. The van der Waals surface area contributed by atoms with E-state index in [-0.39, 0.29) is 44.3 Å². The van der Waals surface area contributed by atoms with Crippen molar-refractivity contribution < 1.29 is 62.2 Å². The fourth-order valence-corrected chi connectivity index (χ4v) is 0.367. The molecule has 4 N–H and O–H groups in total. The van der Waals surface area contributed by atoms with Gasteiger partial charge in [-0.25, -0.2) is 0 Å². The van der Waals surface area contributed by atoms with Gasteiger partial charge in [-0.15, -0.1) is 0 Å². The van der Waals surface area contributed by atoms with E-state index in [0.717, 1.165) is 0 Å². The molecule has 1 rings (SSSR count). The quantitative estimate of drug-likeness (QED) is 0.219. The zero-order valence-electron chi connectivity index (χ0n) is 4.27. The first-order chi connectivity index (χ1) is 2.47. The van der Waals surface area contributed by atoms with Crippen LogP contribution in [-0.4, -0.2) is 0 Å². The Bertz CT molecular complexity index is 80.7. The molecule has 9 heavy (non-hydrogen) atoms. The molecule has 0 aromatic carbocycles. The van der Waals surface area contributed by atoms with Crippen molar-refractivity contribution >= 4 is 7.74 Å². The Hall–Kier alpha value is 1.40. The van der Waals surface area contributed by atoms with Crippen LogP contribution >= 0.6 is 7.74 Å². The van der Waals surface area contributed by atoms with E-state index < -0.39 is 7.74 Å². The van der Waals surface area contributed by atoms with Crippen molar-refractivity contribution in [2.24, 2.45) is 0 Å². The Morgan fingerprint density at radius 2 is 1.11 bits per heavy atom. The minimum Gasteiger partial charge on any atom is 0 e. The van der Waals surface area contributed by atoms with Crippen molar-refractivity contribution in [2.75, 3.05) is 0 Å². The van der Waals surface area contributed by atoms with Crippen LogP contribution in [0.5, 0.6) is 0 Å². The molecule has 6 nitrogen and oxygen atoms in total. The first-order valence-electron chi connectivity index (χ1n) is 1.08. The summed E-state index contributed by atoms with van der Waals surface area (Å²) in [5.74, 6) is 0. The standard InChI is InChI=1S/Mn.H3N.O5P.W/c;;1-6(2,3)4-5-6;/h;1H3;;/q+2;;-3;/p+1. The number of hydrogen-bond acceptors (Lipinski definition) is 5. The molecule has 1 aliphatic heterocycles. The molecule has 0 amide bonds. The summed E-state index contributed by atoms with van der Waals surface area (Å²) in [6.07, 6.45) is 0. The first-order valence-corrected chi connectivity index (χ1v) is 2.91. The molecule has 0 atom stereocenters. The number of quaternary nitrogens is 1. The minimum atomic E-state index is -5.55. The van der Waals surface area contributed by atoms with Gasteiger partial charge in [-0.2, -0.15) is 0 Å². The van der Waals surface area contributed by atoms with Crippen molar-refractivity contribution in [3.8, 4) is 0 Å². The molecule has 0 unspecified atom stereocenters. The molecule has 0 spiro atoms. The van der Waals surface area contributed by atoms with Crippen LogP contribution in [0, 0.1) is 0 Å². The molecule has 1 saturated heterocycles. The second kappa shape index (κ2) is 3.69. The van der Waals surface area contributed by atoms with Gasteiger partial charge in [0.05, 0.1) is 0 Å². The third-order valence-corrected chi connectivity index (χ3v) is 0.771. The van der Waals surface area contributed by atoms with Crippen LogP contribution in [0.25, 0.3) is 0 Å². The van der Waals surface area contributed by atoms with Crippen LogP contribution < -0.4 is 20.8 Å². The summed E-state index contributed by atoms with van der Waals surface area (Å²) >= 11 is 0. The zero-order chi connectivity index (χ0) is 4.86. The normalized spacial score (nSPS) is 28.6. The first kappa shape index (κ1) is 16.8. The van der Waals surface area contributed by atoms with Gasteiger partial charge < -0.3 is 6.15 Å². The molecule has 1 heterocycles. The van der Waals surface area contributed by atoms with Gasteiger partial charge in [0.25, 0.3) is 0 Å². The Kier molecular flexibility index (Phi) is 6.88. The van der Waals surface area contributed by atoms with Gasteiger partial charge in [0.2, 0.25) is 0 Å². The summed E-state index contributed by atoms with van der Waals surface area (Å²) in [5, 5.41) is 0. The van der Waals surface area contributed by atoms with Gasteiger partial charge in [0.15, 0.2) is 0 Å². The second-order valence-electron chi connectivity index (χ2n) is 0.894. The van der Waals surface area contributed by atoms with E-state index in [0.29, 0.717) is 0 Å². The van der Waals surface area contributed by atoms with E-state index in [2.05, 4.69) is 9.35 Å². The van der Waals surface area contributed by atoms with Crippen LogP contribution in [0.3, 0.4) is 0 Å². The summed E-state index contributed by atoms with van der Waals surface area (Å²) in [6, 6.07) is 0. The summed E-state index contributed by atoms with van der Waals surface area (Å²) < 4.78 is 6.09. The maximum Gasteiger partial charge on any atom is 0 e. The zero-order valence-corrected chi connectivity index (χ0v) is 9.28. The maximum atomic E-state index is 9.37. The predicted octanol–water partition coefficient (Wildman–Crippen LogP) is -2.47. The molecular weight excluding hydrogens is 364 g/mol. The summed E-state index contributed by atoms with van der Waals surface area (Å²) in [4.78, 5) is 28.1. The molecule has 57 valence electrons. The van der Waals surface area contributed by atoms with Crippen LogP contribution in [0.15, 0.2) is 0 Å². The fraction of sp³-hybridized carbons (Fsp3) is 0. The Morgan fingerprint density at radius 1 is 1.00 bits per heavy atom. The van der Waals surface area contributed by atoms with E-state index in [9.17, 15) is 14.7 Å². The summed E-state index contributed by atoms with van der Waals surface area (Å²) in [7, 11) is -5.55. The largest absolute Gasteiger partial charge is 0 e. The van der Waals surface area contributed by atoms with E-state index in [1.807, 2.05) is 0 Å². The fourth-order valence-electron chi connectivity index (χ4n) is 0.0408. The molecule has 0 aromatic heterocycles. The van der Waals surface area contributed by atoms with Gasteiger partial charge >= 0.3 is 48.8 Å². The predicted molar refractivity (Wildman–Crippen MR) is 15.1 cm³/mol. The Morgan fingerprint density at radius 3 is 1.11 bits per heavy atom. The summed E-state index contributed by atoms with van der Waals surface area (Å²) in [6.45, 7) is 0. The van der Waals surface area contributed by atoms with Crippen molar-refractivity contribution in [3.63, 3.8) is 0 Å². The Balaban J connectivity index is -0.000000120. The molecule has 1 fully saturated rings. The number of rotatable bonds is 0. The van der Waals surface area contributed by atoms with E-state index in [1.165, 1.54) is 0 Å². The smallest absolute Gasteiger partial charge is 0 e. The van der Waals surface area contributed by atoms with Gasteiger partial charge in [-0.1, -0.05) is 0 Å². The minimum absolute atomic E-state index is 0. The van der Waals surface area contributed by atoms with Crippen LogP contribution in [0.1, 0.15) is 0 Å². The van der Waals surface area contributed by atoms with E-state index in [1.54, 1.807) is 0 Å². The van der Waals surface area contributed by atoms with E-state index >= 15 is 0 Å². The van der Waals surface area contributed by atoms with Crippen LogP contribution in [0.2, 0.25) is 0 Å². The summed E-state index contributed by atoms with van der Waals surface area (Å²) in [5.41, 5.74) is 0. The third-order valence-electron chi connectivity index (χ3n) is 0.257. The molecule has 0 saturated carbocycles. The topological polar surface area (TPSA) is 131 Å². The van der Waals surface area contributed by atoms with Gasteiger partial charge in [-0.05, 0) is 0 Å². The van der Waals surface area contributed by atoms with Crippen molar-refractivity contribution in [1.82, 2.24) is 6.15 Å². The molecule has 0 aliphatic carbocycles. The second-order valence-corrected chi connectivity index (χ2v) is 2.68. The SMILES string of the molecule is [Mn+2].[NH4+].[O-]P1([O-])([O-])OO1.[W]. The van der Waals surface area contributed by atoms with Crippen molar-refractivity contribution in [2.45, 2.75) is 0 Å². The molecular formula is H4MnNO5PW. The average molecular weight is 368 g/mol.